The van der Waals surface area contributed by atoms with Crippen molar-refractivity contribution in [3.63, 3.8) is 0 Å². The number of rotatable bonds is 1. The Morgan fingerprint density at radius 2 is 1.85 bits per heavy atom. The van der Waals surface area contributed by atoms with E-state index in [-0.39, 0.29) is 15.1 Å². The van der Waals surface area contributed by atoms with Crippen LogP contribution in [0.2, 0.25) is 0 Å². The Kier molecular flexibility index (Phi) is 2.21. The first-order valence-corrected chi connectivity index (χ1v) is 5.59. The molecule has 1 aromatic carbocycles. The zero-order chi connectivity index (χ0) is 9.47. The smallest absolute Gasteiger partial charge is 0.105 e. The lowest BCUT2D eigenvalue weighted by Gasteiger charge is -1.98. The third-order valence-corrected chi connectivity index (χ3v) is 4.32. The summed E-state index contributed by atoms with van der Waals surface area (Å²) < 4.78 is -0.198. The van der Waals surface area contributed by atoms with Gasteiger partial charge in [-0.25, -0.2) is 0 Å². The molecule has 2 rings (SSSR count). The van der Waals surface area contributed by atoms with Crippen LogP contribution in [-0.4, -0.2) is 3.23 Å². The quantitative estimate of drug-likeness (QED) is 0.729. The molecule has 13 heavy (non-hydrogen) atoms. The highest BCUT2D eigenvalue weighted by Gasteiger charge is 2.63. The number of hydrogen-bond acceptors (Lipinski definition) is 1. The third-order valence-electron chi connectivity index (χ3n) is 2.35. The molecule has 1 aromatic rings. The van der Waals surface area contributed by atoms with Crippen LogP contribution < -0.4 is 0 Å². The molecule has 0 spiro atoms. The van der Waals surface area contributed by atoms with E-state index in [1.807, 2.05) is 18.2 Å². The highest BCUT2D eigenvalue weighted by molar-refractivity contribution is 9.25. The molecule has 1 aliphatic rings. The van der Waals surface area contributed by atoms with E-state index >= 15 is 0 Å². The first kappa shape index (κ1) is 9.23. The van der Waals surface area contributed by atoms with Gasteiger partial charge in [-0.2, -0.15) is 5.26 Å². The van der Waals surface area contributed by atoms with Crippen molar-refractivity contribution in [3.05, 3.63) is 35.9 Å². The van der Waals surface area contributed by atoms with E-state index in [1.165, 1.54) is 5.56 Å². The van der Waals surface area contributed by atoms with E-state index in [4.69, 9.17) is 5.26 Å². The Labute approximate surface area is 94.0 Å². The van der Waals surface area contributed by atoms with E-state index < -0.39 is 0 Å². The zero-order valence-electron chi connectivity index (χ0n) is 6.74. The van der Waals surface area contributed by atoms with Crippen molar-refractivity contribution in [3.8, 4) is 6.07 Å². The van der Waals surface area contributed by atoms with Gasteiger partial charge in [0.1, 0.15) is 3.23 Å². The molecule has 1 nitrogen and oxygen atoms in total. The number of alkyl halides is 2. The van der Waals surface area contributed by atoms with Gasteiger partial charge < -0.3 is 0 Å². The molecule has 1 aliphatic carbocycles. The fourth-order valence-electron chi connectivity index (χ4n) is 1.56. The largest absolute Gasteiger partial charge is 0.198 e. The molecule has 3 heteroatoms. The van der Waals surface area contributed by atoms with Gasteiger partial charge in [-0.3, -0.25) is 0 Å². The predicted octanol–water partition coefficient (Wildman–Crippen LogP) is 3.41. The Balaban J connectivity index is 2.28. The standard InChI is InChI=1S/C10H7Br2N/c11-10(12)8(6-13)9(10)7-4-2-1-3-5-7/h1-5,8-9H. The highest BCUT2D eigenvalue weighted by atomic mass is 79.9. The molecule has 1 fully saturated rings. The lowest BCUT2D eigenvalue weighted by molar-refractivity contribution is 1.02. The van der Waals surface area contributed by atoms with Gasteiger partial charge in [0, 0.05) is 5.92 Å². The summed E-state index contributed by atoms with van der Waals surface area (Å²) in [4.78, 5) is 0. The Bertz CT molecular complexity index is 353. The molecular weight excluding hydrogens is 294 g/mol. The maximum absolute atomic E-state index is 8.86. The van der Waals surface area contributed by atoms with E-state index in [0.29, 0.717) is 0 Å². The zero-order valence-corrected chi connectivity index (χ0v) is 9.92. The summed E-state index contributed by atoms with van der Waals surface area (Å²) in [6, 6.07) is 12.4. The highest BCUT2D eigenvalue weighted by Crippen LogP contribution is 2.66. The van der Waals surface area contributed by atoms with Gasteiger partial charge >= 0.3 is 0 Å². The molecule has 0 heterocycles. The van der Waals surface area contributed by atoms with Gasteiger partial charge in [-0.1, -0.05) is 62.2 Å². The van der Waals surface area contributed by atoms with Gasteiger partial charge in [0.05, 0.1) is 12.0 Å². The van der Waals surface area contributed by atoms with Crippen LogP contribution in [0.25, 0.3) is 0 Å². The van der Waals surface area contributed by atoms with E-state index in [1.54, 1.807) is 0 Å². The number of hydrogen-bond donors (Lipinski definition) is 0. The Morgan fingerprint density at radius 1 is 1.23 bits per heavy atom. The topological polar surface area (TPSA) is 23.8 Å². The minimum atomic E-state index is -0.198. The normalized spacial score (nSPS) is 29.3. The average Bonchev–Trinajstić information content (AvgIpc) is 2.69. The van der Waals surface area contributed by atoms with Gasteiger partial charge in [-0.15, -0.1) is 0 Å². The Hall–Kier alpha value is -0.330. The van der Waals surface area contributed by atoms with Gasteiger partial charge in [0.2, 0.25) is 0 Å². The molecule has 2 unspecified atom stereocenters. The number of benzene rings is 1. The lowest BCUT2D eigenvalue weighted by atomic mass is 10.1. The van der Waals surface area contributed by atoms with E-state index in [2.05, 4.69) is 50.1 Å². The van der Waals surface area contributed by atoms with Crippen molar-refractivity contribution in [1.82, 2.24) is 0 Å². The predicted molar refractivity (Wildman–Crippen MR) is 58.9 cm³/mol. The Morgan fingerprint density at radius 3 is 2.31 bits per heavy atom. The second-order valence-electron chi connectivity index (χ2n) is 3.17. The molecule has 0 saturated heterocycles. The summed E-state index contributed by atoms with van der Waals surface area (Å²) >= 11 is 7.02. The van der Waals surface area contributed by atoms with E-state index in [0.717, 1.165) is 0 Å². The number of nitrogens with zero attached hydrogens (tertiary/aromatic N) is 1. The van der Waals surface area contributed by atoms with Crippen LogP contribution >= 0.6 is 31.9 Å². The van der Waals surface area contributed by atoms with Crippen molar-refractivity contribution in [2.45, 2.75) is 9.15 Å². The van der Waals surface area contributed by atoms with Crippen molar-refractivity contribution in [1.29, 1.82) is 5.26 Å². The van der Waals surface area contributed by atoms with Crippen LogP contribution in [0.1, 0.15) is 11.5 Å². The first-order chi connectivity index (χ1) is 6.18. The summed E-state index contributed by atoms with van der Waals surface area (Å²) in [7, 11) is 0. The van der Waals surface area contributed by atoms with Crippen LogP contribution in [0.4, 0.5) is 0 Å². The lowest BCUT2D eigenvalue weighted by Crippen LogP contribution is -1.87. The summed E-state index contributed by atoms with van der Waals surface area (Å²) in [5.41, 5.74) is 1.21. The van der Waals surface area contributed by atoms with Crippen molar-refractivity contribution in [2.75, 3.05) is 0 Å². The summed E-state index contributed by atoms with van der Waals surface area (Å²) in [5.74, 6) is 0.314. The molecule has 0 bridgehead atoms. The van der Waals surface area contributed by atoms with Crippen LogP contribution in [-0.2, 0) is 0 Å². The SMILES string of the molecule is N#CC1C(c2ccccc2)C1(Br)Br. The fraction of sp³-hybridized carbons (Fsp3) is 0.300. The second kappa shape index (κ2) is 3.11. The fourth-order valence-corrected chi connectivity index (χ4v) is 3.09. The summed E-state index contributed by atoms with van der Waals surface area (Å²) in [6.07, 6.45) is 0. The van der Waals surface area contributed by atoms with Crippen molar-refractivity contribution in [2.24, 2.45) is 5.92 Å². The van der Waals surface area contributed by atoms with Gasteiger partial charge in [0.25, 0.3) is 0 Å². The molecule has 0 amide bonds. The average molecular weight is 301 g/mol. The molecular formula is C10H7Br2N. The van der Waals surface area contributed by atoms with Crippen LogP contribution in [0.5, 0.6) is 0 Å². The maximum atomic E-state index is 8.86. The van der Waals surface area contributed by atoms with Crippen LogP contribution in [0.3, 0.4) is 0 Å². The van der Waals surface area contributed by atoms with E-state index in [9.17, 15) is 0 Å². The minimum Gasteiger partial charge on any atom is -0.198 e. The molecule has 66 valence electrons. The molecule has 1 saturated carbocycles. The van der Waals surface area contributed by atoms with Crippen LogP contribution in [0, 0.1) is 17.2 Å². The number of nitriles is 1. The molecule has 0 aliphatic heterocycles. The molecule has 0 radical (unpaired) electrons. The molecule has 0 aromatic heterocycles. The summed E-state index contributed by atoms with van der Waals surface area (Å²) in [5, 5.41) is 8.86. The van der Waals surface area contributed by atoms with Crippen LogP contribution in [0.15, 0.2) is 30.3 Å². The van der Waals surface area contributed by atoms with Crippen molar-refractivity contribution < 1.29 is 0 Å². The third kappa shape index (κ3) is 1.43. The summed E-state index contributed by atoms with van der Waals surface area (Å²) in [6.45, 7) is 0. The molecule has 0 N–H and O–H groups in total. The maximum Gasteiger partial charge on any atom is 0.105 e. The van der Waals surface area contributed by atoms with Gasteiger partial charge in [0.15, 0.2) is 0 Å². The number of halogens is 2. The monoisotopic (exact) mass is 299 g/mol. The first-order valence-electron chi connectivity index (χ1n) is 4.00. The van der Waals surface area contributed by atoms with Gasteiger partial charge in [-0.05, 0) is 5.56 Å². The minimum absolute atomic E-state index is 0.0369. The molecule has 2 atom stereocenters. The second-order valence-corrected chi connectivity index (χ2v) is 6.86. The van der Waals surface area contributed by atoms with Crippen molar-refractivity contribution >= 4 is 31.9 Å².